The number of carbonyl (C=O) groups is 2. The van der Waals surface area contributed by atoms with E-state index >= 15 is 0 Å². The predicted molar refractivity (Wildman–Crippen MR) is 124 cm³/mol. The molecule has 1 fully saturated rings. The van der Waals surface area contributed by atoms with Crippen LogP contribution in [0.25, 0.3) is 22.6 Å². The number of imidazole rings is 1. The van der Waals surface area contributed by atoms with Gasteiger partial charge in [-0.1, -0.05) is 0 Å². The third-order valence-electron chi connectivity index (χ3n) is 5.97. The minimum Gasteiger partial charge on any atom is -0.396 e. The number of rotatable bonds is 8. The van der Waals surface area contributed by atoms with Crippen molar-refractivity contribution in [3.05, 3.63) is 71.6 Å². The molecule has 1 aliphatic rings. The molecule has 3 aromatic heterocycles. The van der Waals surface area contributed by atoms with Crippen LogP contribution >= 0.6 is 0 Å². The molecule has 1 aromatic carbocycles. The summed E-state index contributed by atoms with van der Waals surface area (Å²) in [5.74, 6) is -0.388. The van der Waals surface area contributed by atoms with Crippen LogP contribution in [0.5, 0.6) is 0 Å². The fraction of sp³-hybridized carbons (Fsp3) is 0.280. The molecule has 34 heavy (non-hydrogen) atoms. The van der Waals surface area contributed by atoms with E-state index in [4.69, 9.17) is 5.11 Å². The minimum atomic E-state index is -0.549. The van der Waals surface area contributed by atoms with E-state index in [1.165, 1.54) is 6.07 Å². The molecule has 9 heteroatoms. The van der Waals surface area contributed by atoms with Gasteiger partial charge in [-0.05, 0) is 61.6 Å². The number of hydrogen-bond acceptors (Lipinski definition) is 5. The average molecular weight is 461 g/mol. The molecule has 0 aliphatic heterocycles. The van der Waals surface area contributed by atoms with Gasteiger partial charge >= 0.3 is 0 Å². The van der Waals surface area contributed by atoms with Gasteiger partial charge in [0.2, 0.25) is 0 Å². The number of nitrogens with zero attached hydrogens (tertiary/aromatic N) is 4. The molecule has 174 valence electrons. The van der Waals surface area contributed by atoms with Crippen molar-refractivity contribution < 1.29 is 19.1 Å². The van der Waals surface area contributed by atoms with Crippen molar-refractivity contribution in [1.29, 1.82) is 0 Å². The lowest BCUT2D eigenvalue weighted by Crippen LogP contribution is -2.26. The van der Waals surface area contributed by atoms with Gasteiger partial charge in [0.25, 0.3) is 5.91 Å². The summed E-state index contributed by atoms with van der Waals surface area (Å²) in [5, 5.41) is 16.3. The van der Waals surface area contributed by atoms with E-state index in [0.29, 0.717) is 34.6 Å². The summed E-state index contributed by atoms with van der Waals surface area (Å²) in [5.41, 5.74) is 3.32. The van der Waals surface area contributed by atoms with Gasteiger partial charge in [-0.25, -0.2) is 14.1 Å². The second-order valence-corrected chi connectivity index (χ2v) is 8.58. The number of benzene rings is 1. The normalized spacial score (nSPS) is 13.4. The van der Waals surface area contributed by atoms with Crippen molar-refractivity contribution in [2.75, 3.05) is 6.61 Å². The van der Waals surface area contributed by atoms with Crippen LogP contribution in [-0.2, 0) is 0 Å². The molecule has 3 heterocycles. The molecule has 0 atom stereocenters. The van der Waals surface area contributed by atoms with Crippen LogP contribution in [0.3, 0.4) is 0 Å². The van der Waals surface area contributed by atoms with E-state index in [2.05, 4.69) is 15.4 Å². The van der Waals surface area contributed by atoms with Crippen molar-refractivity contribution in [2.24, 2.45) is 0 Å². The Bertz CT molecular complexity index is 1400. The first-order valence-corrected chi connectivity index (χ1v) is 11.2. The Morgan fingerprint density at radius 3 is 2.79 bits per heavy atom. The highest BCUT2D eigenvalue weighted by atomic mass is 19.1. The number of Topliss-reactive ketones (excluding diaryl/α,β-unsaturated/α-hetero) is 1. The quantitative estimate of drug-likeness (QED) is 0.391. The first kappa shape index (κ1) is 22.0. The Morgan fingerprint density at radius 2 is 2.03 bits per heavy atom. The summed E-state index contributed by atoms with van der Waals surface area (Å²) < 4.78 is 17.9. The SMILES string of the molecule is Cc1cc(F)c(C(=O)NC2CC2)cc1-c1cnn(-c2cnc3ccc(C(=O)CCCO)cn23)c1. The Balaban J connectivity index is 1.48. The summed E-state index contributed by atoms with van der Waals surface area (Å²) >= 11 is 0. The molecule has 0 saturated heterocycles. The molecule has 5 rings (SSSR count). The average Bonchev–Trinajstić information content (AvgIpc) is 3.33. The first-order valence-electron chi connectivity index (χ1n) is 11.2. The summed E-state index contributed by atoms with van der Waals surface area (Å²) in [6.07, 6.45) is 9.32. The number of aliphatic hydroxyl groups excluding tert-OH is 1. The van der Waals surface area contributed by atoms with Gasteiger partial charge < -0.3 is 10.4 Å². The molecule has 1 aliphatic carbocycles. The third-order valence-corrected chi connectivity index (χ3v) is 5.97. The number of amides is 1. The zero-order valence-corrected chi connectivity index (χ0v) is 18.7. The van der Waals surface area contributed by atoms with Crippen molar-refractivity contribution in [2.45, 2.75) is 38.6 Å². The lowest BCUT2D eigenvalue weighted by Gasteiger charge is -2.09. The maximum atomic E-state index is 14.5. The highest BCUT2D eigenvalue weighted by Crippen LogP contribution is 2.28. The van der Waals surface area contributed by atoms with Crippen LogP contribution < -0.4 is 5.32 Å². The summed E-state index contributed by atoms with van der Waals surface area (Å²) in [7, 11) is 0. The molecule has 1 saturated carbocycles. The molecule has 0 radical (unpaired) electrons. The number of aliphatic hydroxyl groups is 1. The molecule has 0 unspecified atom stereocenters. The molecule has 0 bridgehead atoms. The maximum absolute atomic E-state index is 14.5. The number of aromatic nitrogens is 4. The number of aryl methyl sites for hydroxylation is 1. The molecule has 8 nitrogen and oxygen atoms in total. The third kappa shape index (κ3) is 4.22. The second kappa shape index (κ2) is 8.83. The van der Waals surface area contributed by atoms with Gasteiger partial charge in [0, 0.05) is 42.6 Å². The standard InChI is InChI=1S/C25H24FN5O3/c1-15-9-21(26)20(25(34)29-18-5-6-18)10-19(15)17-11-28-31(14-17)24-12-27-23-7-4-16(13-30(23)24)22(33)3-2-8-32/h4,7,9-14,18,32H,2-3,5-6,8H2,1H3,(H,29,34). The molecule has 0 spiro atoms. The zero-order valence-electron chi connectivity index (χ0n) is 18.7. The van der Waals surface area contributed by atoms with E-state index in [1.54, 1.807) is 59.0 Å². The number of halogens is 1. The van der Waals surface area contributed by atoms with Crippen LogP contribution in [0.15, 0.2) is 49.1 Å². The minimum absolute atomic E-state index is 0.0149. The Kier molecular flexibility index (Phi) is 5.70. The van der Waals surface area contributed by atoms with Gasteiger partial charge in [-0.3, -0.25) is 14.0 Å². The molecular weight excluding hydrogens is 437 g/mol. The highest BCUT2D eigenvalue weighted by Gasteiger charge is 2.26. The summed E-state index contributed by atoms with van der Waals surface area (Å²) in [4.78, 5) is 29.3. The molecule has 4 aromatic rings. The largest absolute Gasteiger partial charge is 0.396 e. The van der Waals surface area contributed by atoms with Crippen LogP contribution in [0, 0.1) is 12.7 Å². The lowest BCUT2D eigenvalue weighted by molar-refractivity contribution is 0.0944. The van der Waals surface area contributed by atoms with Gasteiger partial charge in [-0.2, -0.15) is 5.10 Å². The number of pyridine rings is 1. The van der Waals surface area contributed by atoms with E-state index in [0.717, 1.165) is 18.4 Å². The maximum Gasteiger partial charge on any atom is 0.254 e. The zero-order chi connectivity index (χ0) is 23.8. The summed E-state index contributed by atoms with van der Waals surface area (Å²) in [6.45, 7) is 1.75. The monoisotopic (exact) mass is 461 g/mol. The predicted octanol–water partition coefficient (Wildman–Crippen LogP) is 3.48. The van der Waals surface area contributed by atoms with Gasteiger partial charge in [-0.15, -0.1) is 0 Å². The second-order valence-electron chi connectivity index (χ2n) is 8.58. The number of hydrogen-bond donors (Lipinski definition) is 2. The number of carbonyl (C=O) groups excluding carboxylic acids is 2. The molecular formula is C25H24FN5O3. The van der Waals surface area contributed by atoms with Crippen LogP contribution in [-0.4, -0.2) is 48.6 Å². The van der Waals surface area contributed by atoms with E-state index in [-0.39, 0.29) is 30.4 Å². The fourth-order valence-corrected chi connectivity index (χ4v) is 3.92. The first-order chi connectivity index (χ1) is 16.4. The van der Waals surface area contributed by atoms with Crippen molar-refractivity contribution in [1.82, 2.24) is 24.5 Å². The summed E-state index contributed by atoms with van der Waals surface area (Å²) in [6, 6.07) is 6.55. The number of fused-ring (bicyclic) bond motifs is 1. The number of nitrogens with one attached hydrogen (secondary N) is 1. The van der Waals surface area contributed by atoms with Crippen LogP contribution in [0.2, 0.25) is 0 Å². The highest BCUT2D eigenvalue weighted by molar-refractivity contribution is 5.97. The smallest absolute Gasteiger partial charge is 0.254 e. The Morgan fingerprint density at radius 1 is 1.21 bits per heavy atom. The van der Waals surface area contributed by atoms with Crippen LogP contribution in [0.4, 0.5) is 4.39 Å². The Hall–Kier alpha value is -3.85. The van der Waals surface area contributed by atoms with Crippen molar-refractivity contribution in [3.8, 4) is 16.9 Å². The van der Waals surface area contributed by atoms with E-state index in [1.807, 2.05) is 0 Å². The van der Waals surface area contributed by atoms with Gasteiger partial charge in [0.05, 0.1) is 18.0 Å². The van der Waals surface area contributed by atoms with Crippen LogP contribution in [0.1, 0.15) is 52.0 Å². The van der Waals surface area contributed by atoms with Crippen molar-refractivity contribution in [3.63, 3.8) is 0 Å². The topological polar surface area (TPSA) is 102 Å². The van der Waals surface area contributed by atoms with E-state index in [9.17, 15) is 14.0 Å². The lowest BCUT2D eigenvalue weighted by atomic mass is 9.99. The molecule has 1 amide bonds. The van der Waals surface area contributed by atoms with Gasteiger partial charge in [0.15, 0.2) is 11.6 Å². The fourth-order valence-electron chi connectivity index (χ4n) is 3.92. The van der Waals surface area contributed by atoms with Gasteiger partial charge in [0.1, 0.15) is 11.5 Å². The van der Waals surface area contributed by atoms with E-state index < -0.39 is 11.7 Å². The Labute approximate surface area is 195 Å². The molecule has 2 N–H and O–H groups in total. The number of ketones is 1. The van der Waals surface area contributed by atoms with Crippen molar-refractivity contribution >= 4 is 17.3 Å².